The van der Waals surface area contributed by atoms with Gasteiger partial charge in [-0.1, -0.05) is 12.2 Å². The van der Waals surface area contributed by atoms with Gasteiger partial charge in [0.25, 0.3) is 6.21 Å². The Labute approximate surface area is 36.1 Å². The Hall–Kier alpha value is -1.03. The molecule has 0 aliphatic carbocycles. The lowest BCUT2D eigenvalue weighted by Gasteiger charge is -1.66. The van der Waals surface area contributed by atoms with E-state index in [9.17, 15) is 0 Å². The summed E-state index contributed by atoms with van der Waals surface area (Å²) in [7, 11) is 0. The monoisotopic (exact) mass is 77.0 g/mol. The van der Waals surface area contributed by atoms with Gasteiger partial charge in [-0.05, 0) is 0 Å². The summed E-state index contributed by atoms with van der Waals surface area (Å²) in [6.07, 6.45) is 7.88. The second-order valence-electron chi connectivity index (χ2n) is 0.896. The fourth-order valence-electron chi connectivity index (χ4n) is 0.246. The molecule has 0 radical (unpaired) electrons. The zero-order chi connectivity index (χ0) is 4.24. The van der Waals surface area contributed by atoms with Gasteiger partial charge in [-0.25, -0.2) is 0 Å². The van der Waals surface area contributed by atoms with Crippen LogP contribution in [0.25, 0.3) is 0 Å². The second-order valence-corrected chi connectivity index (χ2v) is 0.896. The van der Waals surface area contributed by atoms with Crippen molar-refractivity contribution in [2.75, 3.05) is 0 Å². The Morgan fingerprint density at radius 3 is 2.83 bits per heavy atom. The van der Waals surface area contributed by atoms with Crippen LogP contribution in [0, 0.1) is 0 Å². The highest BCUT2D eigenvalue weighted by Crippen LogP contribution is 1.65. The SMILES string of the molecule is C1=CC=C[C-]=[N+]=1. The van der Waals surface area contributed by atoms with Crippen LogP contribution in [0.5, 0.6) is 0 Å². The third-order valence-corrected chi connectivity index (χ3v) is 0.471. The second kappa shape index (κ2) is 1.42. The van der Waals surface area contributed by atoms with Gasteiger partial charge >= 0.3 is 0 Å². The highest BCUT2D eigenvalue weighted by atomic mass is 14.5. The van der Waals surface area contributed by atoms with Gasteiger partial charge in [0, 0.05) is 0 Å². The van der Waals surface area contributed by atoms with Crippen LogP contribution in [0.2, 0.25) is 0 Å². The predicted octanol–water partition coefficient (Wildman–Crippen LogP) is -0.203. The van der Waals surface area contributed by atoms with Gasteiger partial charge in [-0.2, -0.15) is 10.7 Å². The highest BCUT2D eigenvalue weighted by molar-refractivity contribution is 5.77. The zero-order valence-electron chi connectivity index (χ0n) is 3.18. The lowest BCUT2D eigenvalue weighted by Crippen LogP contribution is -1.74. The van der Waals surface area contributed by atoms with E-state index >= 15 is 0 Å². The van der Waals surface area contributed by atoms with Crippen LogP contribution in [0.1, 0.15) is 0 Å². The maximum Gasteiger partial charge on any atom is 0.263 e. The maximum absolute atomic E-state index is 3.53. The first kappa shape index (κ1) is 3.17. The normalized spacial score (nSPS) is 13.3. The van der Waals surface area contributed by atoms with Crippen molar-refractivity contribution in [3.8, 4) is 0 Å². The van der Waals surface area contributed by atoms with Crippen molar-refractivity contribution in [1.82, 2.24) is 4.67 Å². The molecule has 0 amide bonds. The fourth-order valence-corrected chi connectivity index (χ4v) is 0.246. The number of nitrogens with zero attached hydrogens (tertiary/aromatic N) is 1. The van der Waals surface area contributed by atoms with Crippen molar-refractivity contribution >= 4 is 12.1 Å². The summed E-state index contributed by atoms with van der Waals surface area (Å²) in [5, 5.41) is 0. The van der Waals surface area contributed by atoms with Gasteiger partial charge in [0.1, 0.15) is 5.87 Å². The van der Waals surface area contributed by atoms with E-state index in [1.165, 1.54) is 0 Å². The lowest BCUT2D eigenvalue weighted by atomic mass is 10.5. The van der Waals surface area contributed by atoms with Gasteiger partial charge in [0.15, 0.2) is 0 Å². The molecule has 6 heavy (non-hydrogen) atoms. The molecular formula is C5H3N. The number of hydrogen-bond acceptors (Lipinski definition) is 0. The topological polar surface area (TPSA) is 14.1 Å². The number of hydrogen-bond donors (Lipinski definition) is 0. The summed E-state index contributed by atoms with van der Waals surface area (Å²) >= 11 is 0. The molecule has 0 saturated carbocycles. The average Bonchev–Trinajstić information content (AvgIpc) is 1.72. The van der Waals surface area contributed by atoms with Gasteiger partial charge in [0.05, 0.1) is 0 Å². The molecule has 1 heterocycles. The fraction of sp³-hybridized carbons (Fsp3) is 0. The van der Waals surface area contributed by atoms with E-state index in [4.69, 9.17) is 0 Å². The lowest BCUT2D eigenvalue weighted by molar-refractivity contribution is 1.74. The third-order valence-electron chi connectivity index (χ3n) is 0.471. The maximum atomic E-state index is 3.53. The third kappa shape index (κ3) is 0.467. The van der Waals surface area contributed by atoms with Crippen LogP contribution in [-0.4, -0.2) is 12.1 Å². The standard InChI is InChI=1S/C5H3N/c1-2-4-6-5-3-1/h1-3H. The highest BCUT2D eigenvalue weighted by Gasteiger charge is 1.63. The molecule has 0 aromatic heterocycles. The molecule has 0 atom stereocenters. The predicted molar refractivity (Wildman–Crippen MR) is 25.9 cm³/mol. The van der Waals surface area contributed by atoms with Crippen LogP contribution in [0.15, 0.2) is 18.2 Å². The Morgan fingerprint density at radius 1 is 1.67 bits per heavy atom. The first-order chi connectivity index (χ1) is 3.00. The Kier molecular flexibility index (Phi) is 0.749. The van der Waals surface area contributed by atoms with E-state index < -0.39 is 0 Å². The van der Waals surface area contributed by atoms with E-state index in [2.05, 4.69) is 16.8 Å². The van der Waals surface area contributed by atoms with E-state index in [0.717, 1.165) is 0 Å². The molecule has 1 aliphatic rings. The smallest absolute Gasteiger partial charge is 0.173 e. The molecule has 1 aliphatic heterocycles. The summed E-state index contributed by atoms with van der Waals surface area (Å²) in [5.41, 5.74) is 0. The first-order valence-corrected chi connectivity index (χ1v) is 1.69. The minimum absolute atomic E-state index is 1.73. The van der Waals surface area contributed by atoms with E-state index in [1.54, 1.807) is 12.2 Å². The van der Waals surface area contributed by atoms with E-state index in [0.29, 0.717) is 0 Å². The van der Waals surface area contributed by atoms with Crippen molar-refractivity contribution in [2.45, 2.75) is 0 Å². The molecule has 0 unspecified atom stereocenters. The minimum atomic E-state index is 1.73. The van der Waals surface area contributed by atoms with Crippen molar-refractivity contribution < 1.29 is 0 Å². The van der Waals surface area contributed by atoms with Crippen LogP contribution >= 0.6 is 0 Å². The van der Waals surface area contributed by atoms with E-state index in [1.807, 2.05) is 6.08 Å². The summed E-state index contributed by atoms with van der Waals surface area (Å²) < 4.78 is 3.53. The Balaban J connectivity index is 3.10. The van der Waals surface area contributed by atoms with Gasteiger partial charge in [-0.15, -0.1) is 0 Å². The van der Waals surface area contributed by atoms with Gasteiger partial charge in [0.2, 0.25) is 0 Å². The Bertz CT molecular complexity index is 135. The van der Waals surface area contributed by atoms with Crippen LogP contribution in [0.4, 0.5) is 0 Å². The molecule has 0 N–H and O–H groups in total. The minimum Gasteiger partial charge on any atom is -0.173 e. The van der Waals surface area contributed by atoms with Crippen LogP contribution in [-0.2, 0) is 0 Å². The molecule has 0 fully saturated rings. The summed E-state index contributed by atoms with van der Waals surface area (Å²) in [4.78, 5) is 0. The number of allylic oxidation sites excluding steroid dienone is 3. The first-order valence-electron chi connectivity index (χ1n) is 1.69. The van der Waals surface area contributed by atoms with Gasteiger partial charge in [-0.3, -0.25) is 0 Å². The molecule has 1 nitrogen and oxygen atoms in total. The number of rotatable bonds is 0. The molecule has 0 aromatic carbocycles. The largest absolute Gasteiger partial charge is 0.263 e. The quantitative estimate of drug-likeness (QED) is 0.281. The molecule has 0 spiro atoms. The van der Waals surface area contributed by atoms with Crippen molar-refractivity contribution in [2.24, 2.45) is 0 Å². The Morgan fingerprint density at radius 2 is 2.67 bits per heavy atom. The molecule has 1 heteroatoms. The molecular weight excluding hydrogens is 74.1 g/mol. The van der Waals surface area contributed by atoms with Crippen molar-refractivity contribution in [3.05, 3.63) is 18.2 Å². The molecule has 0 aromatic rings. The van der Waals surface area contributed by atoms with Crippen molar-refractivity contribution in [3.63, 3.8) is 0 Å². The average molecular weight is 77.1 g/mol. The van der Waals surface area contributed by atoms with Crippen LogP contribution in [0.3, 0.4) is 0 Å². The van der Waals surface area contributed by atoms with Crippen LogP contribution < -0.4 is 4.67 Å². The summed E-state index contributed by atoms with van der Waals surface area (Å²) in [5.74, 6) is 2.59. The van der Waals surface area contributed by atoms with Crippen molar-refractivity contribution in [1.29, 1.82) is 0 Å². The molecule has 28 valence electrons. The molecule has 1 rings (SSSR count). The molecule has 0 bridgehead atoms. The molecule has 0 saturated heterocycles. The summed E-state index contributed by atoms with van der Waals surface area (Å²) in [6.45, 7) is 0. The zero-order valence-corrected chi connectivity index (χ0v) is 3.18. The summed E-state index contributed by atoms with van der Waals surface area (Å²) in [6, 6.07) is 0. The van der Waals surface area contributed by atoms with Gasteiger partial charge < -0.3 is 0 Å². The van der Waals surface area contributed by atoms with E-state index in [-0.39, 0.29) is 0 Å².